The summed E-state index contributed by atoms with van der Waals surface area (Å²) in [6, 6.07) is 25.9. The minimum Gasteiger partial charge on any atom is -0.489 e. The summed E-state index contributed by atoms with van der Waals surface area (Å²) < 4.78 is 17.4. The highest BCUT2D eigenvalue weighted by atomic mass is 16.6. The summed E-state index contributed by atoms with van der Waals surface area (Å²) in [6.07, 6.45) is 4.45. The maximum absolute atomic E-state index is 13.5. The molecule has 1 aliphatic carbocycles. The Morgan fingerprint density at radius 1 is 0.875 bits per heavy atom. The van der Waals surface area contributed by atoms with Crippen LogP contribution in [-0.2, 0) is 32.3 Å². The fourth-order valence-electron chi connectivity index (χ4n) is 5.03. The van der Waals surface area contributed by atoms with Gasteiger partial charge < -0.3 is 25.3 Å². The first-order valence-corrected chi connectivity index (χ1v) is 14.2. The third-order valence-electron chi connectivity index (χ3n) is 7.23. The molecule has 1 fully saturated rings. The number of hydrogen-bond donors (Lipinski definition) is 2. The summed E-state index contributed by atoms with van der Waals surface area (Å²) in [5, 5.41) is 2.92. The van der Waals surface area contributed by atoms with Crippen molar-refractivity contribution in [3.8, 4) is 5.75 Å². The Kier molecular flexibility index (Phi) is 11.1. The molecule has 40 heavy (non-hydrogen) atoms. The summed E-state index contributed by atoms with van der Waals surface area (Å²) >= 11 is 0. The monoisotopic (exact) mass is 544 g/mol. The molecule has 0 saturated heterocycles. The van der Waals surface area contributed by atoms with Crippen LogP contribution in [0.4, 0.5) is 5.69 Å². The minimum absolute atomic E-state index is 0.133. The molecule has 1 saturated carbocycles. The van der Waals surface area contributed by atoms with E-state index in [9.17, 15) is 9.59 Å². The van der Waals surface area contributed by atoms with Gasteiger partial charge in [-0.25, -0.2) is 4.79 Å². The molecule has 0 aromatic heterocycles. The van der Waals surface area contributed by atoms with Crippen LogP contribution in [0.1, 0.15) is 56.6 Å². The third-order valence-corrected chi connectivity index (χ3v) is 7.23. The first-order chi connectivity index (χ1) is 19.5. The van der Waals surface area contributed by atoms with Gasteiger partial charge in [0, 0.05) is 17.8 Å². The van der Waals surface area contributed by atoms with E-state index in [-0.39, 0.29) is 6.61 Å². The van der Waals surface area contributed by atoms with Gasteiger partial charge in [0.1, 0.15) is 19.0 Å². The van der Waals surface area contributed by atoms with Crippen LogP contribution >= 0.6 is 0 Å². The zero-order valence-electron chi connectivity index (χ0n) is 23.2. The van der Waals surface area contributed by atoms with Crippen LogP contribution in [0, 0.1) is 5.92 Å². The Hall–Kier alpha value is -3.68. The molecule has 0 heterocycles. The fraction of sp³-hybridized carbons (Fsp3) is 0.394. The molecule has 0 spiro atoms. The largest absolute Gasteiger partial charge is 0.489 e. The lowest BCUT2D eigenvalue weighted by molar-refractivity contribution is -0.163. The van der Waals surface area contributed by atoms with E-state index >= 15 is 0 Å². The molecule has 3 aromatic carbocycles. The molecule has 212 valence electrons. The summed E-state index contributed by atoms with van der Waals surface area (Å²) in [6.45, 7) is 2.14. The number of ether oxygens (including phenoxy) is 3. The Morgan fingerprint density at radius 3 is 2.20 bits per heavy atom. The highest BCUT2D eigenvalue weighted by molar-refractivity contribution is 5.95. The molecule has 7 heteroatoms. The van der Waals surface area contributed by atoms with Crippen molar-refractivity contribution in [3.63, 3.8) is 0 Å². The SMILES string of the molecule is CC(OC(C(=O)Nc1cccc(OCc2ccccc2)c1)[C@H](N)CC1CCCCC1)C(=O)OCc1ccccc1. The predicted molar refractivity (Wildman–Crippen MR) is 156 cm³/mol. The second kappa shape index (κ2) is 15.2. The topological polar surface area (TPSA) is 99.9 Å². The first-order valence-electron chi connectivity index (χ1n) is 14.2. The Bertz CT molecular complexity index is 1200. The molecule has 0 aliphatic heterocycles. The van der Waals surface area contributed by atoms with Crippen molar-refractivity contribution in [3.05, 3.63) is 96.1 Å². The number of amides is 1. The number of carbonyl (C=O) groups excluding carboxylic acids is 2. The number of carbonyl (C=O) groups is 2. The Morgan fingerprint density at radius 2 is 1.52 bits per heavy atom. The number of nitrogens with one attached hydrogen (secondary N) is 1. The number of benzene rings is 3. The first kappa shape index (κ1) is 29.3. The van der Waals surface area contributed by atoms with Gasteiger partial charge >= 0.3 is 5.97 Å². The van der Waals surface area contributed by atoms with Gasteiger partial charge in [-0.2, -0.15) is 0 Å². The van der Waals surface area contributed by atoms with E-state index in [0.717, 1.165) is 24.0 Å². The molecular weight excluding hydrogens is 504 g/mol. The fourth-order valence-corrected chi connectivity index (χ4v) is 5.03. The van der Waals surface area contributed by atoms with Crippen molar-refractivity contribution in [1.82, 2.24) is 0 Å². The van der Waals surface area contributed by atoms with Crippen molar-refractivity contribution < 1.29 is 23.8 Å². The maximum atomic E-state index is 13.5. The van der Waals surface area contributed by atoms with E-state index in [4.69, 9.17) is 19.9 Å². The summed E-state index contributed by atoms with van der Waals surface area (Å²) in [7, 11) is 0. The highest BCUT2D eigenvalue weighted by Crippen LogP contribution is 2.28. The van der Waals surface area contributed by atoms with Crippen molar-refractivity contribution in [2.75, 3.05) is 5.32 Å². The second-order valence-electron chi connectivity index (χ2n) is 10.5. The third kappa shape index (κ3) is 9.21. The van der Waals surface area contributed by atoms with Gasteiger partial charge in [0.05, 0.1) is 0 Å². The van der Waals surface area contributed by atoms with Crippen molar-refractivity contribution in [1.29, 1.82) is 0 Å². The molecule has 3 atom stereocenters. The van der Waals surface area contributed by atoms with Crippen molar-refractivity contribution in [2.45, 2.75) is 76.9 Å². The van der Waals surface area contributed by atoms with E-state index in [1.54, 1.807) is 19.1 Å². The molecule has 3 N–H and O–H groups in total. The molecular formula is C33H40N2O5. The quantitative estimate of drug-likeness (QED) is 0.255. The van der Waals surface area contributed by atoms with E-state index in [2.05, 4.69) is 5.32 Å². The summed E-state index contributed by atoms with van der Waals surface area (Å²) in [4.78, 5) is 26.3. The molecule has 3 aromatic rings. The van der Waals surface area contributed by atoms with E-state index in [1.807, 2.05) is 72.8 Å². The van der Waals surface area contributed by atoms with Crippen LogP contribution in [0.15, 0.2) is 84.9 Å². The van der Waals surface area contributed by atoms with Gasteiger partial charge in [0.15, 0.2) is 12.2 Å². The van der Waals surface area contributed by atoms with Crippen LogP contribution in [-0.4, -0.2) is 30.1 Å². The standard InChI is InChI=1S/C33H40N2O5/c1-24(33(37)39-23-27-16-9-4-10-17-27)40-31(30(34)20-25-12-5-2-6-13-25)32(36)35-28-18-11-19-29(21-28)38-22-26-14-7-3-8-15-26/h3-4,7-11,14-19,21,24-25,30-31H,2,5-6,12-13,20,22-23,34H2,1H3,(H,35,36)/t24?,30-,31?/m1/s1. The van der Waals surface area contributed by atoms with Gasteiger partial charge in [0.2, 0.25) is 0 Å². The average molecular weight is 545 g/mol. The lowest BCUT2D eigenvalue weighted by Crippen LogP contribution is -2.49. The van der Waals surface area contributed by atoms with E-state index in [0.29, 0.717) is 30.4 Å². The number of hydrogen-bond acceptors (Lipinski definition) is 6. The smallest absolute Gasteiger partial charge is 0.335 e. The number of esters is 1. The Labute approximate surface area is 237 Å². The number of rotatable bonds is 13. The lowest BCUT2D eigenvalue weighted by Gasteiger charge is -2.30. The molecule has 1 amide bonds. The van der Waals surface area contributed by atoms with Crippen molar-refractivity contribution >= 4 is 17.6 Å². The summed E-state index contributed by atoms with van der Waals surface area (Å²) in [5.74, 6) is 0.134. The molecule has 0 radical (unpaired) electrons. The molecule has 7 nitrogen and oxygen atoms in total. The van der Waals surface area contributed by atoms with Gasteiger partial charge in [-0.3, -0.25) is 4.79 Å². The van der Waals surface area contributed by atoms with Gasteiger partial charge in [-0.15, -0.1) is 0 Å². The normalized spacial score (nSPS) is 15.9. The highest BCUT2D eigenvalue weighted by Gasteiger charge is 2.33. The molecule has 1 aliphatic rings. The van der Waals surface area contributed by atoms with Gasteiger partial charge in [0.25, 0.3) is 5.91 Å². The van der Waals surface area contributed by atoms with E-state index in [1.165, 1.54) is 19.3 Å². The molecule has 0 bridgehead atoms. The zero-order chi connectivity index (χ0) is 28.2. The van der Waals surface area contributed by atoms with Gasteiger partial charge in [-0.05, 0) is 42.5 Å². The number of nitrogens with two attached hydrogens (primary N) is 1. The van der Waals surface area contributed by atoms with Gasteiger partial charge in [-0.1, -0.05) is 98.8 Å². The van der Waals surface area contributed by atoms with Crippen LogP contribution < -0.4 is 15.8 Å². The van der Waals surface area contributed by atoms with E-state index < -0.39 is 30.1 Å². The predicted octanol–water partition coefficient (Wildman–Crippen LogP) is 6.02. The number of anilines is 1. The van der Waals surface area contributed by atoms with Crippen LogP contribution in [0.2, 0.25) is 0 Å². The second-order valence-corrected chi connectivity index (χ2v) is 10.5. The zero-order valence-corrected chi connectivity index (χ0v) is 23.2. The Balaban J connectivity index is 1.40. The van der Waals surface area contributed by atoms with Crippen LogP contribution in [0.5, 0.6) is 5.75 Å². The van der Waals surface area contributed by atoms with Crippen LogP contribution in [0.3, 0.4) is 0 Å². The van der Waals surface area contributed by atoms with Crippen LogP contribution in [0.25, 0.3) is 0 Å². The summed E-state index contributed by atoms with van der Waals surface area (Å²) in [5.41, 5.74) is 9.08. The lowest BCUT2D eigenvalue weighted by atomic mass is 9.84. The van der Waals surface area contributed by atoms with Crippen molar-refractivity contribution in [2.24, 2.45) is 11.7 Å². The average Bonchev–Trinajstić information content (AvgIpc) is 2.99. The minimum atomic E-state index is -1.02. The molecule has 2 unspecified atom stereocenters. The molecule has 4 rings (SSSR count). The maximum Gasteiger partial charge on any atom is 0.335 e.